The third-order valence-electron chi connectivity index (χ3n) is 2.90. The molecule has 1 unspecified atom stereocenters. The van der Waals surface area contributed by atoms with E-state index in [4.69, 9.17) is 4.74 Å². The lowest BCUT2D eigenvalue weighted by Gasteiger charge is -2.11. The van der Waals surface area contributed by atoms with Gasteiger partial charge in [-0.25, -0.2) is 4.98 Å². The first kappa shape index (κ1) is 9.75. The van der Waals surface area contributed by atoms with Crippen LogP contribution in [-0.2, 0) is 11.3 Å². The number of para-hydroxylation sites is 1. The highest BCUT2D eigenvalue weighted by molar-refractivity contribution is 5.79. The van der Waals surface area contributed by atoms with Crippen LogP contribution in [0.25, 0.3) is 10.9 Å². The standard InChI is InChI=1S/C13H14N2O/c1-2-16-13-12-10(8-14-13)7-9-5-3-4-6-11(9)15-12/h3-7,13-14H,2,8H2,1H3. The van der Waals surface area contributed by atoms with Crippen LogP contribution in [0.1, 0.15) is 24.4 Å². The summed E-state index contributed by atoms with van der Waals surface area (Å²) < 4.78 is 5.60. The van der Waals surface area contributed by atoms with E-state index < -0.39 is 0 Å². The average Bonchev–Trinajstić information content (AvgIpc) is 2.70. The van der Waals surface area contributed by atoms with E-state index in [2.05, 4.69) is 22.4 Å². The maximum atomic E-state index is 5.60. The molecule has 0 fully saturated rings. The second-order valence-corrected chi connectivity index (χ2v) is 3.94. The van der Waals surface area contributed by atoms with Crippen LogP contribution in [0.3, 0.4) is 0 Å². The highest BCUT2D eigenvalue weighted by Gasteiger charge is 2.23. The van der Waals surface area contributed by atoms with Gasteiger partial charge in [-0.05, 0) is 24.6 Å². The molecule has 0 spiro atoms. The Bertz CT molecular complexity index is 524. The van der Waals surface area contributed by atoms with Crippen LogP contribution in [0.4, 0.5) is 0 Å². The van der Waals surface area contributed by atoms with Gasteiger partial charge >= 0.3 is 0 Å². The summed E-state index contributed by atoms with van der Waals surface area (Å²) in [5, 5.41) is 4.51. The number of hydrogen-bond acceptors (Lipinski definition) is 3. The first-order valence-electron chi connectivity index (χ1n) is 5.62. The van der Waals surface area contributed by atoms with Crippen molar-refractivity contribution in [2.75, 3.05) is 6.61 Å². The first-order valence-corrected chi connectivity index (χ1v) is 5.62. The van der Waals surface area contributed by atoms with Gasteiger partial charge in [-0.15, -0.1) is 0 Å². The number of hydrogen-bond donors (Lipinski definition) is 1. The minimum Gasteiger partial charge on any atom is -0.358 e. The zero-order valence-corrected chi connectivity index (χ0v) is 9.23. The summed E-state index contributed by atoms with van der Waals surface area (Å²) >= 11 is 0. The second-order valence-electron chi connectivity index (χ2n) is 3.94. The molecule has 2 aromatic rings. The summed E-state index contributed by atoms with van der Waals surface area (Å²) in [6.07, 6.45) is -0.0374. The normalized spacial score (nSPS) is 18.9. The van der Waals surface area contributed by atoms with Crippen LogP contribution in [0, 0.1) is 0 Å². The number of ether oxygens (including phenoxy) is 1. The zero-order valence-electron chi connectivity index (χ0n) is 9.23. The van der Waals surface area contributed by atoms with E-state index in [-0.39, 0.29) is 6.23 Å². The van der Waals surface area contributed by atoms with Crippen LogP contribution < -0.4 is 5.32 Å². The maximum Gasteiger partial charge on any atom is 0.151 e. The predicted molar refractivity (Wildman–Crippen MR) is 62.9 cm³/mol. The average molecular weight is 214 g/mol. The molecule has 1 aromatic carbocycles. The molecule has 0 bridgehead atoms. The first-order chi connectivity index (χ1) is 7.88. The Balaban J connectivity index is 2.12. The van der Waals surface area contributed by atoms with Crippen LogP contribution >= 0.6 is 0 Å². The number of fused-ring (bicyclic) bond motifs is 2. The molecule has 0 amide bonds. The molecule has 1 aromatic heterocycles. The topological polar surface area (TPSA) is 34.1 Å². The fourth-order valence-corrected chi connectivity index (χ4v) is 2.15. The molecule has 1 aliphatic rings. The minimum atomic E-state index is -0.0374. The van der Waals surface area contributed by atoms with Gasteiger partial charge in [-0.2, -0.15) is 0 Å². The molecule has 1 atom stereocenters. The molecule has 0 radical (unpaired) electrons. The smallest absolute Gasteiger partial charge is 0.151 e. The number of rotatable bonds is 2. The van der Waals surface area contributed by atoms with Gasteiger partial charge in [0.1, 0.15) is 0 Å². The monoisotopic (exact) mass is 214 g/mol. The summed E-state index contributed by atoms with van der Waals surface area (Å²) in [6, 6.07) is 10.4. The molecule has 0 saturated heterocycles. The Labute approximate surface area is 94.5 Å². The number of aromatic nitrogens is 1. The quantitative estimate of drug-likeness (QED) is 0.833. The van der Waals surface area contributed by atoms with Crippen molar-refractivity contribution in [2.24, 2.45) is 0 Å². The van der Waals surface area contributed by atoms with Gasteiger partial charge in [0.05, 0.1) is 11.2 Å². The van der Waals surface area contributed by atoms with Crippen molar-refractivity contribution in [3.8, 4) is 0 Å². The van der Waals surface area contributed by atoms with E-state index in [1.54, 1.807) is 0 Å². The summed E-state index contributed by atoms with van der Waals surface area (Å²) in [4.78, 5) is 4.67. The fraction of sp³-hybridized carbons (Fsp3) is 0.308. The number of pyridine rings is 1. The van der Waals surface area contributed by atoms with Crippen molar-refractivity contribution in [1.29, 1.82) is 0 Å². The summed E-state index contributed by atoms with van der Waals surface area (Å²) in [6.45, 7) is 3.55. The molecule has 3 rings (SSSR count). The second kappa shape index (κ2) is 3.85. The van der Waals surface area contributed by atoms with Gasteiger partial charge in [0, 0.05) is 18.5 Å². The van der Waals surface area contributed by atoms with Crippen LogP contribution in [0.5, 0.6) is 0 Å². The Hall–Kier alpha value is -1.45. The molecule has 16 heavy (non-hydrogen) atoms. The zero-order chi connectivity index (χ0) is 11.0. The lowest BCUT2D eigenvalue weighted by atomic mass is 10.1. The van der Waals surface area contributed by atoms with Gasteiger partial charge in [0.15, 0.2) is 6.23 Å². The van der Waals surface area contributed by atoms with Gasteiger partial charge in [-0.3, -0.25) is 5.32 Å². The third kappa shape index (κ3) is 1.49. The van der Waals surface area contributed by atoms with Crippen molar-refractivity contribution in [3.63, 3.8) is 0 Å². The van der Waals surface area contributed by atoms with Gasteiger partial charge < -0.3 is 4.74 Å². The Morgan fingerprint density at radius 1 is 1.44 bits per heavy atom. The number of benzene rings is 1. The van der Waals surface area contributed by atoms with E-state index in [1.807, 2.05) is 25.1 Å². The Morgan fingerprint density at radius 3 is 3.19 bits per heavy atom. The molecule has 0 saturated carbocycles. The molecule has 82 valence electrons. The van der Waals surface area contributed by atoms with Crippen molar-refractivity contribution < 1.29 is 4.74 Å². The predicted octanol–water partition coefficient (Wildman–Crippen LogP) is 2.37. The molecular weight excluding hydrogens is 200 g/mol. The van der Waals surface area contributed by atoms with Crippen molar-refractivity contribution in [3.05, 3.63) is 41.6 Å². The summed E-state index contributed by atoms with van der Waals surface area (Å²) in [5.41, 5.74) is 3.33. The van der Waals surface area contributed by atoms with E-state index in [1.165, 1.54) is 10.9 Å². The molecule has 0 aliphatic carbocycles. The van der Waals surface area contributed by atoms with Crippen LogP contribution in [-0.4, -0.2) is 11.6 Å². The SMILES string of the molecule is CCOC1NCc2cc3ccccc3nc21. The van der Waals surface area contributed by atoms with E-state index in [0.29, 0.717) is 6.61 Å². The summed E-state index contributed by atoms with van der Waals surface area (Å²) in [5.74, 6) is 0. The van der Waals surface area contributed by atoms with Gasteiger partial charge in [0.2, 0.25) is 0 Å². The van der Waals surface area contributed by atoms with Crippen molar-refractivity contribution >= 4 is 10.9 Å². The van der Waals surface area contributed by atoms with Crippen LogP contribution in [0.15, 0.2) is 30.3 Å². The lowest BCUT2D eigenvalue weighted by molar-refractivity contribution is 0.0424. The van der Waals surface area contributed by atoms with E-state index >= 15 is 0 Å². The third-order valence-corrected chi connectivity index (χ3v) is 2.90. The molecule has 2 heterocycles. The van der Waals surface area contributed by atoms with Gasteiger partial charge in [-0.1, -0.05) is 18.2 Å². The Kier molecular flexibility index (Phi) is 2.35. The molecule has 1 aliphatic heterocycles. The van der Waals surface area contributed by atoms with E-state index in [0.717, 1.165) is 17.8 Å². The van der Waals surface area contributed by atoms with Crippen molar-refractivity contribution in [1.82, 2.24) is 10.3 Å². The van der Waals surface area contributed by atoms with Crippen molar-refractivity contribution in [2.45, 2.75) is 19.7 Å². The minimum absolute atomic E-state index is 0.0374. The molecule has 1 N–H and O–H groups in total. The molecule has 3 nitrogen and oxygen atoms in total. The Morgan fingerprint density at radius 2 is 2.31 bits per heavy atom. The maximum absolute atomic E-state index is 5.60. The highest BCUT2D eigenvalue weighted by atomic mass is 16.5. The largest absolute Gasteiger partial charge is 0.358 e. The molecular formula is C13H14N2O. The van der Waals surface area contributed by atoms with E-state index in [9.17, 15) is 0 Å². The number of nitrogens with one attached hydrogen (secondary N) is 1. The van der Waals surface area contributed by atoms with Gasteiger partial charge in [0.25, 0.3) is 0 Å². The number of nitrogens with zero attached hydrogens (tertiary/aromatic N) is 1. The highest BCUT2D eigenvalue weighted by Crippen LogP contribution is 2.27. The lowest BCUT2D eigenvalue weighted by Crippen LogP contribution is -2.16. The summed E-state index contributed by atoms with van der Waals surface area (Å²) in [7, 11) is 0. The van der Waals surface area contributed by atoms with Crippen LogP contribution in [0.2, 0.25) is 0 Å². The molecule has 3 heteroatoms. The fourth-order valence-electron chi connectivity index (χ4n) is 2.15.